The Morgan fingerprint density at radius 3 is 3.11 bits per heavy atom. The quantitative estimate of drug-likeness (QED) is 0.848. The number of methoxy groups -OCH3 is 1. The first-order valence-electron chi connectivity index (χ1n) is 6.11. The average Bonchev–Trinajstić information content (AvgIpc) is 2.40. The third kappa shape index (κ3) is 3.19. The number of hydrogen-bond acceptors (Lipinski definition) is 4. The van der Waals surface area contributed by atoms with Crippen LogP contribution in [0.3, 0.4) is 0 Å². The molecular formula is C13H19FN2O2. The molecule has 3 N–H and O–H groups in total. The normalized spacial score (nSPS) is 21.6. The van der Waals surface area contributed by atoms with Crippen molar-refractivity contribution in [1.82, 2.24) is 5.32 Å². The lowest BCUT2D eigenvalue weighted by atomic mass is 9.99. The molecule has 1 aliphatic rings. The molecule has 0 spiro atoms. The van der Waals surface area contributed by atoms with E-state index < -0.39 is 0 Å². The molecule has 0 aliphatic carbocycles. The molecule has 18 heavy (non-hydrogen) atoms. The number of rotatable bonds is 4. The number of nitrogens with one attached hydrogen (secondary N) is 1. The van der Waals surface area contributed by atoms with Crippen molar-refractivity contribution in [3.63, 3.8) is 0 Å². The van der Waals surface area contributed by atoms with E-state index in [1.54, 1.807) is 13.2 Å². The van der Waals surface area contributed by atoms with E-state index in [-0.39, 0.29) is 17.9 Å². The van der Waals surface area contributed by atoms with Gasteiger partial charge in [0.25, 0.3) is 0 Å². The van der Waals surface area contributed by atoms with Crippen molar-refractivity contribution in [3.05, 3.63) is 29.6 Å². The van der Waals surface area contributed by atoms with Crippen molar-refractivity contribution in [2.75, 3.05) is 26.9 Å². The highest BCUT2D eigenvalue weighted by Gasteiger charge is 2.20. The van der Waals surface area contributed by atoms with E-state index in [0.29, 0.717) is 24.3 Å². The van der Waals surface area contributed by atoms with Gasteiger partial charge in [-0.2, -0.15) is 0 Å². The summed E-state index contributed by atoms with van der Waals surface area (Å²) in [5.74, 6) is 0.328. The average molecular weight is 254 g/mol. The van der Waals surface area contributed by atoms with Crippen LogP contribution in [0.4, 0.5) is 4.39 Å². The largest absolute Gasteiger partial charge is 0.496 e. The van der Waals surface area contributed by atoms with Crippen molar-refractivity contribution >= 4 is 0 Å². The monoisotopic (exact) mass is 254 g/mol. The Labute approximate surface area is 106 Å². The van der Waals surface area contributed by atoms with Crippen LogP contribution in [0.25, 0.3) is 0 Å². The third-order valence-electron chi connectivity index (χ3n) is 3.13. The van der Waals surface area contributed by atoms with Gasteiger partial charge in [-0.25, -0.2) is 4.39 Å². The van der Waals surface area contributed by atoms with Crippen LogP contribution in [0.15, 0.2) is 18.2 Å². The maximum absolute atomic E-state index is 13.3. The first-order valence-corrected chi connectivity index (χ1v) is 6.11. The summed E-state index contributed by atoms with van der Waals surface area (Å²) in [5.41, 5.74) is 6.83. The van der Waals surface area contributed by atoms with Gasteiger partial charge in [0, 0.05) is 24.2 Å². The number of ether oxygens (including phenoxy) is 2. The Morgan fingerprint density at radius 1 is 1.61 bits per heavy atom. The zero-order chi connectivity index (χ0) is 13.0. The fourth-order valence-corrected chi connectivity index (χ4v) is 2.20. The van der Waals surface area contributed by atoms with E-state index >= 15 is 0 Å². The van der Waals surface area contributed by atoms with Crippen LogP contribution in [-0.4, -0.2) is 32.9 Å². The summed E-state index contributed by atoms with van der Waals surface area (Å²) in [6, 6.07) is 4.36. The fourth-order valence-electron chi connectivity index (χ4n) is 2.20. The number of hydrogen-bond donors (Lipinski definition) is 2. The second-order valence-electron chi connectivity index (χ2n) is 4.45. The maximum atomic E-state index is 13.3. The van der Waals surface area contributed by atoms with Gasteiger partial charge in [0.1, 0.15) is 11.6 Å². The molecule has 0 bridgehead atoms. The SMILES string of the molecule is COc1ccc(F)cc1C(N)CC1COCCN1. The van der Waals surface area contributed by atoms with Gasteiger partial charge < -0.3 is 20.5 Å². The lowest BCUT2D eigenvalue weighted by Crippen LogP contribution is -2.42. The van der Waals surface area contributed by atoms with Crippen LogP contribution in [0, 0.1) is 5.82 Å². The van der Waals surface area contributed by atoms with Crippen LogP contribution in [0.2, 0.25) is 0 Å². The van der Waals surface area contributed by atoms with Crippen molar-refractivity contribution in [3.8, 4) is 5.75 Å². The zero-order valence-corrected chi connectivity index (χ0v) is 10.5. The third-order valence-corrected chi connectivity index (χ3v) is 3.13. The van der Waals surface area contributed by atoms with Gasteiger partial charge in [-0.15, -0.1) is 0 Å². The maximum Gasteiger partial charge on any atom is 0.123 e. The van der Waals surface area contributed by atoms with Gasteiger partial charge in [0.15, 0.2) is 0 Å². The van der Waals surface area contributed by atoms with Crippen LogP contribution in [0.5, 0.6) is 5.75 Å². The van der Waals surface area contributed by atoms with Crippen LogP contribution < -0.4 is 15.8 Å². The minimum Gasteiger partial charge on any atom is -0.496 e. The molecule has 100 valence electrons. The molecule has 2 atom stereocenters. The predicted molar refractivity (Wildman–Crippen MR) is 67.1 cm³/mol. The molecule has 1 fully saturated rings. The molecule has 0 amide bonds. The molecule has 1 aliphatic heterocycles. The lowest BCUT2D eigenvalue weighted by molar-refractivity contribution is 0.0719. The zero-order valence-electron chi connectivity index (χ0n) is 10.5. The van der Waals surface area contributed by atoms with Gasteiger partial charge >= 0.3 is 0 Å². The molecule has 2 rings (SSSR count). The number of benzene rings is 1. The molecule has 0 saturated carbocycles. The van der Waals surface area contributed by atoms with Gasteiger partial charge in [0.05, 0.1) is 20.3 Å². The number of morpholine rings is 1. The first kappa shape index (κ1) is 13.3. The smallest absolute Gasteiger partial charge is 0.123 e. The van der Waals surface area contributed by atoms with E-state index in [9.17, 15) is 4.39 Å². The highest BCUT2D eigenvalue weighted by Crippen LogP contribution is 2.27. The minimum absolute atomic E-state index is 0.210. The molecule has 1 saturated heterocycles. The molecule has 1 aromatic carbocycles. The number of nitrogens with two attached hydrogens (primary N) is 1. The van der Waals surface area contributed by atoms with E-state index in [4.69, 9.17) is 15.2 Å². The van der Waals surface area contributed by atoms with Gasteiger partial charge in [0.2, 0.25) is 0 Å². The highest BCUT2D eigenvalue weighted by molar-refractivity contribution is 5.36. The molecule has 2 unspecified atom stereocenters. The summed E-state index contributed by atoms with van der Waals surface area (Å²) in [5, 5.41) is 3.33. The minimum atomic E-state index is -0.297. The first-order chi connectivity index (χ1) is 8.70. The van der Waals surface area contributed by atoms with E-state index in [2.05, 4.69) is 5.32 Å². The Balaban J connectivity index is 2.07. The van der Waals surface area contributed by atoms with Crippen molar-refractivity contribution in [2.24, 2.45) is 5.73 Å². The summed E-state index contributed by atoms with van der Waals surface area (Å²) in [7, 11) is 1.56. The molecule has 4 nitrogen and oxygen atoms in total. The topological polar surface area (TPSA) is 56.5 Å². The standard InChI is InChI=1S/C13H19FN2O2/c1-17-13-3-2-9(14)6-11(13)12(15)7-10-8-18-5-4-16-10/h2-3,6,10,12,16H,4-5,7-8,15H2,1H3. The van der Waals surface area contributed by atoms with Gasteiger partial charge in [-0.1, -0.05) is 0 Å². The van der Waals surface area contributed by atoms with Crippen molar-refractivity contribution in [1.29, 1.82) is 0 Å². The summed E-state index contributed by atoms with van der Waals surface area (Å²) in [4.78, 5) is 0. The molecular weight excluding hydrogens is 235 g/mol. The van der Waals surface area contributed by atoms with Crippen LogP contribution in [0.1, 0.15) is 18.0 Å². The van der Waals surface area contributed by atoms with E-state index in [1.165, 1.54) is 12.1 Å². The lowest BCUT2D eigenvalue weighted by Gasteiger charge is -2.27. The summed E-state index contributed by atoms with van der Waals surface area (Å²) in [6.45, 7) is 2.21. The predicted octanol–water partition coefficient (Wildman–Crippen LogP) is 1.21. The summed E-state index contributed by atoms with van der Waals surface area (Å²) in [6.07, 6.45) is 0.694. The highest BCUT2D eigenvalue weighted by atomic mass is 19.1. The van der Waals surface area contributed by atoms with E-state index in [1.807, 2.05) is 0 Å². The molecule has 0 radical (unpaired) electrons. The Kier molecular flexibility index (Phi) is 4.52. The van der Waals surface area contributed by atoms with Crippen LogP contribution in [-0.2, 0) is 4.74 Å². The molecule has 0 aromatic heterocycles. The summed E-state index contributed by atoms with van der Waals surface area (Å²) >= 11 is 0. The molecule has 1 aromatic rings. The fraction of sp³-hybridized carbons (Fsp3) is 0.538. The Morgan fingerprint density at radius 2 is 2.44 bits per heavy atom. The van der Waals surface area contributed by atoms with Crippen molar-refractivity contribution < 1.29 is 13.9 Å². The Bertz CT molecular complexity index is 395. The second-order valence-corrected chi connectivity index (χ2v) is 4.45. The molecule has 1 heterocycles. The molecule has 5 heteroatoms. The second kappa shape index (κ2) is 6.13. The Hall–Kier alpha value is -1.17. The van der Waals surface area contributed by atoms with Crippen molar-refractivity contribution in [2.45, 2.75) is 18.5 Å². The van der Waals surface area contributed by atoms with Crippen LogP contribution >= 0.6 is 0 Å². The van der Waals surface area contributed by atoms with E-state index in [0.717, 1.165) is 13.2 Å². The summed E-state index contributed by atoms with van der Waals surface area (Å²) < 4.78 is 23.9. The number of halogens is 1. The van der Waals surface area contributed by atoms with Gasteiger partial charge in [-0.3, -0.25) is 0 Å². The van der Waals surface area contributed by atoms with Gasteiger partial charge in [-0.05, 0) is 24.6 Å².